The predicted molar refractivity (Wildman–Crippen MR) is 236 cm³/mol. The Hall–Kier alpha value is -0.690. The molecule has 1 rings (SSSR count). The van der Waals surface area contributed by atoms with Crippen molar-refractivity contribution in [2.75, 3.05) is 6.61 Å². The molecule has 0 aliphatic carbocycles. The summed E-state index contributed by atoms with van der Waals surface area (Å²) in [6.45, 7) is 3.87. The highest BCUT2D eigenvalue weighted by atomic mass is 16.7. The van der Waals surface area contributed by atoms with Gasteiger partial charge in [-0.2, -0.15) is 0 Å². The van der Waals surface area contributed by atoms with Crippen molar-refractivity contribution in [3.63, 3.8) is 0 Å². The summed E-state index contributed by atoms with van der Waals surface area (Å²) in [5.41, 5.74) is 6.36. The molecule has 9 atom stereocenters. The molecule has 1 unspecified atom stereocenters. The van der Waals surface area contributed by atoms with Crippen molar-refractivity contribution in [3.8, 4) is 0 Å². The van der Waals surface area contributed by atoms with Crippen LogP contribution in [0.4, 0.5) is 0 Å². The van der Waals surface area contributed by atoms with E-state index in [0.717, 1.165) is 38.5 Å². The lowest BCUT2D eigenvalue weighted by atomic mass is 9.87. The Morgan fingerprint density at radius 3 is 1.24 bits per heavy atom. The predicted octanol–water partition coefficient (Wildman–Crippen LogP) is 9.69. The number of aliphatic hydroxyl groups is 6. The van der Waals surface area contributed by atoms with Crippen LogP contribution in [0.5, 0.6) is 0 Å². The Balaban J connectivity index is 2.39. The average Bonchev–Trinajstić information content (AvgIpc) is 3.21. The molecule has 1 aliphatic rings. The Morgan fingerprint density at radius 1 is 0.534 bits per heavy atom. The summed E-state index contributed by atoms with van der Waals surface area (Å²) < 4.78 is 11.2. The summed E-state index contributed by atoms with van der Waals surface area (Å²) in [5, 5.41) is 62.8. The van der Waals surface area contributed by atoms with E-state index in [2.05, 4.69) is 13.8 Å². The third-order valence-corrected chi connectivity index (χ3v) is 12.5. The van der Waals surface area contributed by atoms with Gasteiger partial charge in [0.2, 0.25) is 0 Å². The SMILES string of the molecule is CCCCCCCCCCCCCCCCCCCCCCCC(=O)[C@H](C(N)O[C@H]1O[C@H](CO)[C@H](O)[C@H](O)[C@H]1O)[C@H](O)[C@H](O)CCCCCCCCCCCCCC. The molecule has 1 saturated heterocycles. The topological polar surface area (TPSA) is 183 Å². The first-order valence-corrected chi connectivity index (χ1v) is 24.8. The molecule has 0 radical (unpaired) electrons. The van der Waals surface area contributed by atoms with Gasteiger partial charge in [-0.3, -0.25) is 4.79 Å². The molecule has 58 heavy (non-hydrogen) atoms. The van der Waals surface area contributed by atoms with E-state index < -0.39 is 61.7 Å². The van der Waals surface area contributed by atoms with Crippen LogP contribution in [0.3, 0.4) is 0 Å². The lowest BCUT2D eigenvalue weighted by Crippen LogP contribution is -2.61. The number of ether oxygens (including phenoxy) is 2. The van der Waals surface area contributed by atoms with E-state index in [1.165, 1.54) is 161 Å². The van der Waals surface area contributed by atoms with Crippen molar-refractivity contribution >= 4 is 5.78 Å². The van der Waals surface area contributed by atoms with Gasteiger partial charge in [0.25, 0.3) is 0 Å². The Bertz CT molecular complexity index is 910. The summed E-state index contributed by atoms with van der Waals surface area (Å²) in [5.74, 6) is -1.62. The monoisotopic (exact) mass is 830 g/mol. The van der Waals surface area contributed by atoms with Crippen molar-refractivity contribution in [2.45, 2.75) is 288 Å². The highest BCUT2D eigenvalue weighted by Crippen LogP contribution is 2.27. The van der Waals surface area contributed by atoms with Gasteiger partial charge < -0.3 is 45.8 Å². The lowest BCUT2D eigenvalue weighted by Gasteiger charge is -2.41. The Labute approximate surface area is 355 Å². The van der Waals surface area contributed by atoms with Gasteiger partial charge in [0.05, 0.1) is 24.7 Å². The number of carbonyl (C=O) groups excluding carboxylic acids is 1. The van der Waals surface area contributed by atoms with Crippen molar-refractivity contribution in [1.29, 1.82) is 0 Å². The number of carbonyl (C=O) groups is 1. The molecule has 10 heteroatoms. The summed E-state index contributed by atoms with van der Waals surface area (Å²) in [7, 11) is 0. The number of unbranched alkanes of at least 4 members (excludes halogenated alkanes) is 31. The third-order valence-electron chi connectivity index (χ3n) is 12.5. The fourth-order valence-electron chi connectivity index (χ4n) is 8.49. The summed E-state index contributed by atoms with van der Waals surface area (Å²) in [6, 6.07) is 0. The van der Waals surface area contributed by atoms with Gasteiger partial charge in [-0.1, -0.05) is 219 Å². The molecule has 1 aliphatic heterocycles. The van der Waals surface area contributed by atoms with Crippen LogP contribution in [0, 0.1) is 5.92 Å². The molecule has 0 aromatic carbocycles. The highest BCUT2D eigenvalue weighted by Gasteiger charge is 2.46. The molecule has 0 aromatic rings. The zero-order chi connectivity index (χ0) is 42.6. The van der Waals surface area contributed by atoms with Gasteiger partial charge >= 0.3 is 0 Å². The van der Waals surface area contributed by atoms with Crippen LogP contribution >= 0.6 is 0 Å². The maximum atomic E-state index is 13.6. The van der Waals surface area contributed by atoms with Gasteiger partial charge in [0.1, 0.15) is 36.4 Å². The Kier molecular flexibility index (Phi) is 36.3. The molecule has 0 bridgehead atoms. The molecular weight excluding hydrogens is 735 g/mol. The van der Waals surface area contributed by atoms with Gasteiger partial charge in [-0.25, -0.2) is 0 Å². The van der Waals surface area contributed by atoms with Crippen LogP contribution in [-0.2, 0) is 14.3 Å². The van der Waals surface area contributed by atoms with Crippen molar-refractivity contribution < 1.29 is 44.9 Å². The smallest absolute Gasteiger partial charge is 0.188 e. The zero-order valence-electron chi connectivity index (χ0n) is 37.6. The van der Waals surface area contributed by atoms with Gasteiger partial charge in [-0.15, -0.1) is 0 Å². The summed E-state index contributed by atoms with van der Waals surface area (Å²) >= 11 is 0. The van der Waals surface area contributed by atoms with E-state index in [1.54, 1.807) is 0 Å². The fourth-order valence-corrected chi connectivity index (χ4v) is 8.49. The number of aliphatic hydroxyl groups excluding tert-OH is 6. The van der Waals surface area contributed by atoms with Crippen LogP contribution in [0.25, 0.3) is 0 Å². The summed E-state index contributed by atoms with van der Waals surface area (Å²) in [6.07, 6.45) is 29.5. The van der Waals surface area contributed by atoms with Crippen LogP contribution < -0.4 is 5.73 Å². The number of rotatable bonds is 42. The van der Waals surface area contributed by atoms with Crippen molar-refractivity contribution in [2.24, 2.45) is 11.7 Å². The summed E-state index contributed by atoms with van der Waals surface area (Å²) in [4.78, 5) is 13.6. The quantitative estimate of drug-likeness (QED) is 0.0231. The average molecular weight is 830 g/mol. The van der Waals surface area contributed by atoms with E-state index in [-0.39, 0.29) is 12.2 Å². The number of ketones is 1. The molecule has 0 saturated carbocycles. The largest absolute Gasteiger partial charge is 0.394 e. The fraction of sp³-hybridized carbons (Fsp3) is 0.979. The lowest BCUT2D eigenvalue weighted by molar-refractivity contribution is -0.315. The molecule has 1 fully saturated rings. The minimum Gasteiger partial charge on any atom is -0.394 e. The molecule has 0 aromatic heterocycles. The minimum atomic E-state index is -1.70. The molecule has 10 nitrogen and oxygen atoms in total. The van der Waals surface area contributed by atoms with E-state index in [1.807, 2.05) is 0 Å². The second-order valence-corrected chi connectivity index (χ2v) is 17.8. The molecular formula is C48H95NO9. The minimum absolute atomic E-state index is 0.165. The van der Waals surface area contributed by atoms with Gasteiger partial charge in [-0.05, 0) is 12.8 Å². The van der Waals surface area contributed by atoms with Crippen molar-refractivity contribution in [1.82, 2.24) is 0 Å². The maximum absolute atomic E-state index is 13.6. The first-order valence-electron chi connectivity index (χ1n) is 24.8. The van der Waals surface area contributed by atoms with Crippen LogP contribution in [-0.4, -0.2) is 92.2 Å². The van der Waals surface area contributed by atoms with Crippen LogP contribution in [0.2, 0.25) is 0 Å². The maximum Gasteiger partial charge on any atom is 0.188 e. The second-order valence-electron chi connectivity index (χ2n) is 17.8. The van der Waals surface area contributed by atoms with Gasteiger partial charge in [0, 0.05) is 6.42 Å². The van der Waals surface area contributed by atoms with E-state index in [0.29, 0.717) is 19.3 Å². The first-order chi connectivity index (χ1) is 28.2. The Morgan fingerprint density at radius 2 is 0.879 bits per heavy atom. The zero-order valence-corrected chi connectivity index (χ0v) is 37.6. The standard InChI is InChI=1S/C48H95NO9/c1-3-5-7-9-11-13-15-17-18-19-20-21-22-23-24-25-27-28-30-32-34-36-39(51)42(47(49)58-48-46(56)45(55)44(54)41(38-50)57-48)43(53)40(52)37-35-33-31-29-26-16-14-12-10-8-6-4-2/h40-48,50,52-56H,3-38,49H2,1-2H3/t40-,41-,42+,43-,44+,45+,46-,47?,48-/m1/s1. The highest BCUT2D eigenvalue weighted by molar-refractivity contribution is 5.82. The molecule has 346 valence electrons. The first kappa shape index (κ1) is 55.3. The molecule has 0 spiro atoms. The molecule has 8 N–H and O–H groups in total. The van der Waals surface area contributed by atoms with Crippen molar-refractivity contribution in [3.05, 3.63) is 0 Å². The number of hydrogen-bond donors (Lipinski definition) is 7. The molecule has 0 amide bonds. The van der Waals surface area contributed by atoms with E-state index >= 15 is 0 Å². The van der Waals surface area contributed by atoms with Crippen LogP contribution in [0.1, 0.15) is 239 Å². The van der Waals surface area contributed by atoms with E-state index in [4.69, 9.17) is 15.2 Å². The van der Waals surface area contributed by atoms with Crippen LogP contribution in [0.15, 0.2) is 0 Å². The number of Topliss-reactive ketones (excluding diaryl/α,β-unsaturated/α-hetero) is 1. The number of hydrogen-bond acceptors (Lipinski definition) is 10. The second kappa shape index (κ2) is 38.0. The van der Waals surface area contributed by atoms with Gasteiger partial charge in [0.15, 0.2) is 6.29 Å². The van der Waals surface area contributed by atoms with E-state index in [9.17, 15) is 35.4 Å². The third kappa shape index (κ3) is 26.6. The molecule has 1 heterocycles. The normalized spacial score (nSPS) is 21.9. The number of nitrogens with two attached hydrogens (primary N) is 1.